The lowest BCUT2D eigenvalue weighted by Gasteiger charge is -2.32. The molecular weight excluding hydrogens is 410 g/mol. The van der Waals surface area contributed by atoms with Gasteiger partial charge >= 0.3 is 0 Å². The van der Waals surface area contributed by atoms with Gasteiger partial charge in [-0.1, -0.05) is 20.8 Å². The summed E-state index contributed by atoms with van der Waals surface area (Å²) in [4.78, 5) is 40.5. The molecule has 32 heavy (non-hydrogen) atoms. The first-order valence-corrected chi connectivity index (χ1v) is 11.5. The number of ketones is 1. The van der Waals surface area contributed by atoms with Crippen molar-refractivity contribution in [3.05, 3.63) is 29.8 Å². The summed E-state index contributed by atoms with van der Waals surface area (Å²) < 4.78 is 10.7. The van der Waals surface area contributed by atoms with Crippen molar-refractivity contribution in [3.63, 3.8) is 0 Å². The van der Waals surface area contributed by atoms with Crippen molar-refractivity contribution in [2.24, 2.45) is 11.8 Å². The minimum atomic E-state index is -0.713. The Bertz CT molecular complexity index is 789. The monoisotopic (exact) mass is 445 g/mol. The fourth-order valence-electron chi connectivity index (χ4n) is 4.16. The smallest absolute Gasteiger partial charge is 0.251 e. The van der Waals surface area contributed by atoms with Gasteiger partial charge in [-0.25, -0.2) is 0 Å². The van der Waals surface area contributed by atoms with Gasteiger partial charge < -0.3 is 25.0 Å². The van der Waals surface area contributed by atoms with Gasteiger partial charge in [0.1, 0.15) is 12.6 Å². The van der Waals surface area contributed by atoms with E-state index in [4.69, 9.17) is 9.47 Å². The van der Waals surface area contributed by atoms with E-state index in [0.717, 1.165) is 25.2 Å². The number of morpholine rings is 1. The summed E-state index contributed by atoms with van der Waals surface area (Å²) in [5.41, 5.74) is 1.54. The summed E-state index contributed by atoms with van der Waals surface area (Å²) >= 11 is 0. The molecule has 2 fully saturated rings. The topological polar surface area (TPSA) is 97.0 Å². The summed E-state index contributed by atoms with van der Waals surface area (Å²) in [7, 11) is 0. The Kier molecular flexibility index (Phi) is 8.64. The van der Waals surface area contributed by atoms with Crippen LogP contribution < -0.4 is 15.5 Å². The van der Waals surface area contributed by atoms with E-state index in [2.05, 4.69) is 15.5 Å². The van der Waals surface area contributed by atoms with Crippen LogP contribution in [0.3, 0.4) is 0 Å². The SMILES string of the molecule is CC[C@@H]1COCC(=O)[C@H]1NC(=O)[C@H](CC(C)C)NC(=O)c1ccc(N2CCOCC2)cc1. The number of carbonyl (C=O) groups excluding carboxylic acids is 3. The van der Waals surface area contributed by atoms with E-state index in [1.807, 2.05) is 32.9 Å². The average Bonchev–Trinajstić information content (AvgIpc) is 2.80. The molecule has 8 heteroatoms. The van der Waals surface area contributed by atoms with Crippen molar-refractivity contribution in [2.75, 3.05) is 44.4 Å². The minimum absolute atomic E-state index is 0.0120. The number of anilines is 1. The molecule has 0 radical (unpaired) electrons. The lowest BCUT2D eigenvalue weighted by molar-refractivity contribution is -0.138. The molecule has 0 saturated carbocycles. The summed E-state index contributed by atoms with van der Waals surface area (Å²) in [5, 5.41) is 5.76. The van der Waals surface area contributed by atoms with Crippen molar-refractivity contribution in [1.29, 1.82) is 0 Å². The van der Waals surface area contributed by atoms with Crippen LogP contribution in [0.5, 0.6) is 0 Å². The van der Waals surface area contributed by atoms with Crippen molar-refractivity contribution in [1.82, 2.24) is 10.6 Å². The van der Waals surface area contributed by atoms with Gasteiger partial charge in [0.25, 0.3) is 5.91 Å². The van der Waals surface area contributed by atoms with Crippen molar-refractivity contribution in [2.45, 2.75) is 45.7 Å². The van der Waals surface area contributed by atoms with E-state index in [0.29, 0.717) is 31.8 Å². The molecule has 0 bridgehead atoms. The first-order valence-electron chi connectivity index (χ1n) is 11.5. The zero-order valence-corrected chi connectivity index (χ0v) is 19.3. The van der Waals surface area contributed by atoms with Crippen LogP contribution in [-0.4, -0.2) is 69.2 Å². The van der Waals surface area contributed by atoms with E-state index in [9.17, 15) is 14.4 Å². The molecule has 3 atom stereocenters. The summed E-state index contributed by atoms with van der Waals surface area (Å²) in [5.74, 6) is -0.601. The van der Waals surface area contributed by atoms with E-state index >= 15 is 0 Å². The molecule has 0 spiro atoms. The van der Waals surface area contributed by atoms with Crippen LogP contribution in [0.1, 0.15) is 44.0 Å². The molecule has 1 aromatic carbocycles. The van der Waals surface area contributed by atoms with Gasteiger partial charge in [-0.3, -0.25) is 14.4 Å². The van der Waals surface area contributed by atoms with Crippen molar-refractivity contribution in [3.8, 4) is 0 Å². The average molecular weight is 446 g/mol. The Labute approximate surface area is 190 Å². The Morgan fingerprint density at radius 3 is 2.44 bits per heavy atom. The highest BCUT2D eigenvalue weighted by molar-refractivity contribution is 5.99. The van der Waals surface area contributed by atoms with Gasteiger partial charge in [0, 0.05) is 30.3 Å². The lowest BCUT2D eigenvalue weighted by atomic mass is 9.91. The predicted octanol–water partition coefficient (Wildman–Crippen LogP) is 1.78. The Morgan fingerprint density at radius 1 is 1.12 bits per heavy atom. The maximum atomic E-state index is 13.0. The second-order valence-electron chi connectivity index (χ2n) is 8.94. The summed E-state index contributed by atoms with van der Waals surface area (Å²) in [6.45, 7) is 9.47. The Morgan fingerprint density at radius 2 is 1.81 bits per heavy atom. The molecule has 2 aliphatic rings. The number of benzene rings is 1. The molecule has 0 aromatic heterocycles. The molecule has 2 saturated heterocycles. The van der Waals surface area contributed by atoms with Gasteiger partial charge in [-0.2, -0.15) is 0 Å². The van der Waals surface area contributed by atoms with E-state index in [1.54, 1.807) is 12.1 Å². The molecule has 1 aromatic rings. The zero-order valence-electron chi connectivity index (χ0n) is 19.3. The number of rotatable bonds is 8. The molecule has 0 aliphatic carbocycles. The Balaban J connectivity index is 1.65. The highest BCUT2D eigenvalue weighted by Gasteiger charge is 2.34. The van der Waals surface area contributed by atoms with Gasteiger partial charge in [-0.15, -0.1) is 0 Å². The van der Waals surface area contributed by atoms with Crippen LogP contribution in [0.4, 0.5) is 5.69 Å². The van der Waals surface area contributed by atoms with Gasteiger partial charge in [-0.05, 0) is 43.0 Å². The van der Waals surface area contributed by atoms with Gasteiger partial charge in [0.2, 0.25) is 5.91 Å². The molecule has 2 amide bonds. The quantitative estimate of drug-likeness (QED) is 0.633. The van der Waals surface area contributed by atoms with Crippen LogP contribution >= 0.6 is 0 Å². The number of hydrogen-bond acceptors (Lipinski definition) is 6. The van der Waals surface area contributed by atoms with Crippen molar-refractivity contribution < 1.29 is 23.9 Å². The minimum Gasteiger partial charge on any atom is -0.378 e. The molecule has 8 nitrogen and oxygen atoms in total. The second kappa shape index (κ2) is 11.4. The van der Waals surface area contributed by atoms with Crippen LogP contribution in [0.25, 0.3) is 0 Å². The molecule has 176 valence electrons. The molecule has 0 unspecified atom stereocenters. The highest BCUT2D eigenvalue weighted by atomic mass is 16.5. The Hall–Kier alpha value is -2.45. The zero-order chi connectivity index (χ0) is 23.1. The highest BCUT2D eigenvalue weighted by Crippen LogP contribution is 2.18. The maximum absolute atomic E-state index is 13.0. The molecule has 2 N–H and O–H groups in total. The fraction of sp³-hybridized carbons (Fsp3) is 0.625. The summed E-state index contributed by atoms with van der Waals surface area (Å²) in [6, 6.07) is 6.11. The molecule has 2 heterocycles. The standard InChI is InChI=1S/C24H35N3O5/c1-4-17-14-32-15-21(28)22(17)26-24(30)20(13-16(2)3)25-23(29)18-5-7-19(8-6-18)27-9-11-31-12-10-27/h5-8,16-17,20,22H,4,9-15H2,1-3H3,(H,25,29)(H,26,30)/t17-,20+,22+/m1/s1. The largest absolute Gasteiger partial charge is 0.378 e. The molecule has 3 rings (SSSR count). The van der Waals surface area contributed by atoms with E-state index in [1.165, 1.54) is 0 Å². The normalized spacial score (nSPS) is 22.5. The summed E-state index contributed by atoms with van der Waals surface area (Å²) in [6.07, 6.45) is 1.21. The number of amides is 2. The van der Waals surface area contributed by atoms with Crippen molar-refractivity contribution >= 4 is 23.3 Å². The van der Waals surface area contributed by atoms with Crippen LogP contribution in [0.2, 0.25) is 0 Å². The third-order valence-corrected chi connectivity index (χ3v) is 6.05. The van der Waals surface area contributed by atoms with Gasteiger partial charge in [0.15, 0.2) is 5.78 Å². The number of carbonyl (C=O) groups is 3. The van der Waals surface area contributed by atoms with Crippen LogP contribution in [0.15, 0.2) is 24.3 Å². The van der Waals surface area contributed by atoms with Crippen LogP contribution in [-0.2, 0) is 19.1 Å². The first-order chi connectivity index (χ1) is 15.4. The maximum Gasteiger partial charge on any atom is 0.251 e. The molecular formula is C24H35N3O5. The predicted molar refractivity (Wildman–Crippen MR) is 122 cm³/mol. The first kappa shape index (κ1) is 24.2. The molecule has 2 aliphatic heterocycles. The fourth-order valence-corrected chi connectivity index (χ4v) is 4.16. The number of nitrogens with one attached hydrogen (secondary N) is 2. The van der Waals surface area contributed by atoms with Crippen LogP contribution in [0, 0.1) is 11.8 Å². The number of hydrogen-bond donors (Lipinski definition) is 2. The number of Topliss-reactive ketones (excluding diaryl/α,β-unsaturated/α-hetero) is 1. The van der Waals surface area contributed by atoms with Gasteiger partial charge in [0.05, 0.1) is 25.9 Å². The lowest BCUT2D eigenvalue weighted by Crippen LogP contribution is -2.56. The third kappa shape index (κ3) is 6.29. The number of nitrogens with zero attached hydrogens (tertiary/aromatic N) is 1. The second-order valence-corrected chi connectivity index (χ2v) is 8.94. The third-order valence-electron chi connectivity index (χ3n) is 6.05. The number of ether oxygens (including phenoxy) is 2. The van der Waals surface area contributed by atoms with E-state index < -0.39 is 12.1 Å². The van der Waals surface area contributed by atoms with E-state index in [-0.39, 0.29) is 36.0 Å².